The molecular formula is C15H17N3O4S. The summed E-state index contributed by atoms with van der Waals surface area (Å²) in [5.41, 5.74) is 1.82. The van der Waals surface area contributed by atoms with Crippen LogP contribution >= 0.6 is 11.3 Å². The van der Waals surface area contributed by atoms with Crippen LogP contribution in [0.1, 0.15) is 26.6 Å². The largest absolute Gasteiger partial charge is 0.478 e. The fourth-order valence-electron chi connectivity index (χ4n) is 1.80. The molecular weight excluding hydrogens is 318 g/mol. The van der Waals surface area contributed by atoms with E-state index in [0.717, 1.165) is 16.3 Å². The van der Waals surface area contributed by atoms with Gasteiger partial charge in [-0.2, -0.15) is 0 Å². The second-order valence-electron chi connectivity index (χ2n) is 4.70. The van der Waals surface area contributed by atoms with Gasteiger partial charge in [0, 0.05) is 19.0 Å². The van der Waals surface area contributed by atoms with Gasteiger partial charge in [-0.1, -0.05) is 12.1 Å². The van der Waals surface area contributed by atoms with Crippen LogP contribution in [-0.4, -0.2) is 29.2 Å². The number of methoxy groups -OCH3 is 1. The maximum absolute atomic E-state index is 11.7. The number of carbonyl (C=O) groups is 2. The Kier molecular flexibility index (Phi) is 6.07. The molecule has 0 aliphatic rings. The third kappa shape index (κ3) is 5.35. The summed E-state index contributed by atoms with van der Waals surface area (Å²) in [6, 6.07) is 6.03. The van der Waals surface area contributed by atoms with Gasteiger partial charge < -0.3 is 20.5 Å². The van der Waals surface area contributed by atoms with E-state index in [1.165, 1.54) is 23.5 Å². The molecule has 8 heteroatoms. The topological polar surface area (TPSA) is 101 Å². The van der Waals surface area contributed by atoms with Crippen molar-refractivity contribution < 1.29 is 19.4 Å². The first-order valence-corrected chi connectivity index (χ1v) is 7.72. The van der Waals surface area contributed by atoms with E-state index in [0.29, 0.717) is 19.7 Å². The van der Waals surface area contributed by atoms with Crippen LogP contribution < -0.4 is 10.6 Å². The Morgan fingerprint density at radius 3 is 2.57 bits per heavy atom. The zero-order valence-corrected chi connectivity index (χ0v) is 13.4. The maximum atomic E-state index is 11.7. The second-order valence-corrected chi connectivity index (χ2v) is 5.65. The molecule has 23 heavy (non-hydrogen) atoms. The van der Waals surface area contributed by atoms with Gasteiger partial charge in [0.05, 0.1) is 24.4 Å². The molecule has 2 rings (SSSR count). The first-order chi connectivity index (χ1) is 11.1. The molecule has 1 aromatic heterocycles. The number of aromatic carboxylic acids is 1. The molecule has 3 N–H and O–H groups in total. The molecule has 2 amide bonds. The van der Waals surface area contributed by atoms with Gasteiger partial charge in [-0.3, -0.25) is 0 Å². The van der Waals surface area contributed by atoms with Crippen LogP contribution in [0.4, 0.5) is 4.79 Å². The summed E-state index contributed by atoms with van der Waals surface area (Å²) in [5.74, 6) is -0.974. The number of amides is 2. The van der Waals surface area contributed by atoms with E-state index in [2.05, 4.69) is 15.6 Å². The average Bonchev–Trinajstić information content (AvgIpc) is 2.99. The van der Waals surface area contributed by atoms with E-state index < -0.39 is 5.97 Å². The molecule has 0 aliphatic heterocycles. The summed E-state index contributed by atoms with van der Waals surface area (Å²) in [4.78, 5) is 26.8. The SMILES string of the molecule is COCc1nc(CNC(=O)NCc2ccc(C(=O)O)cc2)cs1. The quantitative estimate of drug-likeness (QED) is 0.718. The van der Waals surface area contributed by atoms with E-state index in [-0.39, 0.29) is 11.6 Å². The zero-order chi connectivity index (χ0) is 16.7. The number of rotatable bonds is 7. The van der Waals surface area contributed by atoms with Crippen molar-refractivity contribution in [1.82, 2.24) is 15.6 Å². The molecule has 0 fully saturated rings. The summed E-state index contributed by atoms with van der Waals surface area (Å²) in [5, 5.41) is 17.0. The van der Waals surface area contributed by atoms with Crippen LogP contribution in [0.3, 0.4) is 0 Å². The number of nitrogens with one attached hydrogen (secondary N) is 2. The first-order valence-electron chi connectivity index (χ1n) is 6.84. The summed E-state index contributed by atoms with van der Waals surface area (Å²) in [6.45, 7) is 1.12. The van der Waals surface area contributed by atoms with Crippen molar-refractivity contribution >= 4 is 23.3 Å². The van der Waals surface area contributed by atoms with E-state index in [4.69, 9.17) is 9.84 Å². The highest BCUT2D eigenvalue weighted by molar-refractivity contribution is 7.09. The molecule has 0 radical (unpaired) electrons. The van der Waals surface area contributed by atoms with Gasteiger partial charge in [-0.15, -0.1) is 11.3 Å². The molecule has 0 bridgehead atoms. The molecule has 2 aromatic rings. The van der Waals surface area contributed by atoms with E-state index in [9.17, 15) is 9.59 Å². The van der Waals surface area contributed by atoms with Crippen LogP contribution in [0, 0.1) is 0 Å². The van der Waals surface area contributed by atoms with Crippen LogP contribution in [0.2, 0.25) is 0 Å². The fourth-order valence-corrected chi connectivity index (χ4v) is 2.56. The average molecular weight is 335 g/mol. The number of urea groups is 1. The van der Waals surface area contributed by atoms with Crippen LogP contribution in [0.25, 0.3) is 0 Å². The predicted molar refractivity (Wildman–Crippen MR) is 85.3 cm³/mol. The molecule has 0 saturated heterocycles. The van der Waals surface area contributed by atoms with Crippen LogP contribution in [-0.2, 0) is 24.4 Å². The molecule has 0 saturated carbocycles. The monoisotopic (exact) mass is 335 g/mol. The Morgan fingerprint density at radius 2 is 1.91 bits per heavy atom. The number of carbonyl (C=O) groups excluding carboxylic acids is 1. The fraction of sp³-hybridized carbons (Fsp3) is 0.267. The predicted octanol–water partition coefficient (Wildman–Crippen LogP) is 1.99. The molecule has 122 valence electrons. The van der Waals surface area contributed by atoms with Gasteiger partial charge >= 0.3 is 12.0 Å². The summed E-state index contributed by atoms with van der Waals surface area (Å²) < 4.78 is 4.99. The summed E-state index contributed by atoms with van der Waals surface area (Å²) in [6.07, 6.45) is 0. The summed E-state index contributed by atoms with van der Waals surface area (Å²) in [7, 11) is 1.61. The van der Waals surface area contributed by atoms with Crippen molar-refractivity contribution in [3.05, 3.63) is 51.5 Å². The Bertz CT molecular complexity index is 670. The van der Waals surface area contributed by atoms with Gasteiger partial charge in [-0.05, 0) is 17.7 Å². The number of carboxylic acid groups (broad SMARTS) is 1. The van der Waals surface area contributed by atoms with Gasteiger partial charge in [-0.25, -0.2) is 14.6 Å². The standard InChI is InChI=1S/C15H17N3O4S/c1-22-8-13-18-12(9-23-13)7-17-15(21)16-6-10-2-4-11(5-3-10)14(19)20/h2-5,9H,6-8H2,1H3,(H,19,20)(H2,16,17,21). The molecule has 0 aliphatic carbocycles. The van der Waals surface area contributed by atoms with Crippen molar-refractivity contribution in [2.45, 2.75) is 19.7 Å². The lowest BCUT2D eigenvalue weighted by atomic mass is 10.1. The Balaban J connectivity index is 1.75. The molecule has 0 unspecified atom stereocenters. The zero-order valence-electron chi connectivity index (χ0n) is 12.5. The van der Waals surface area contributed by atoms with Gasteiger partial charge in [0.2, 0.25) is 0 Å². The van der Waals surface area contributed by atoms with Crippen molar-refractivity contribution in [3.63, 3.8) is 0 Å². The van der Waals surface area contributed by atoms with Gasteiger partial charge in [0.25, 0.3) is 0 Å². The van der Waals surface area contributed by atoms with Crippen molar-refractivity contribution in [1.29, 1.82) is 0 Å². The third-order valence-electron chi connectivity index (χ3n) is 2.95. The first kappa shape index (κ1) is 16.9. The highest BCUT2D eigenvalue weighted by Gasteiger charge is 2.05. The lowest BCUT2D eigenvalue weighted by Gasteiger charge is -2.07. The molecule has 0 atom stereocenters. The number of thiazole rings is 1. The Labute approximate surface area is 137 Å². The number of carboxylic acids is 1. The minimum atomic E-state index is -0.974. The minimum Gasteiger partial charge on any atom is -0.478 e. The van der Waals surface area contributed by atoms with Crippen molar-refractivity contribution in [3.8, 4) is 0 Å². The van der Waals surface area contributed by atoms with Crippen molar-refractivity contribution in [2.24, 2.45) is 0 Å². The van der Waals surface area contributed by atoms with E-state index in [1.54, 1.807) is 19.2 Å². The number of hydrogen-bond acceptors (Lipinski definition) is 5. The number of aromatic nitrogens is 1. The molecule has 1 aromatic carbocycles. The lowest BCUT2D eigenvalue weighted by molar-refractivity contribution is 0.0697. The van der Waals surface area contributed by atoms with Gasteiger partial charge in [0.1, 0.15) is 5.01 Å². The third-order valence-corrected chi connectivity index (χ3v) is 3.82. The number of hydrogen-bond donors (Lipinski definition) is 3. The Hall–Kier alpha value is -2.45. The molecule has 0 spiro atoms. The smallest absolute Gasteiger partial charge is 0.335 e. The van der Waals surface area contributed by atoms with Gasteiger partial charge in [0.15, 0.2) is 0 Å². The van der Waals surface area contributed by atoms with Crippen molar-refractivity contribution in [2.75, 3.05) is 7.11 Å². The highest BCUT2D eigenvalue weighted by Crippen LogP contribution is 2.10. The van der Waals surface area contributed by atoms with Crippen LogP contribution in [0.5, 0.6) is 0 Å². The maximum Gasteiger partial charge on any atom is 0.335 e. The van der Waals surface area contributed by atoms with E-state index >= 15 is 0 Å². The minimum absolute atomic E-state index is 0.216. The normalized spacial score (nSPS) is 10.3. The van der Waals surface area contributed by atoms with E-state index in [1.807, 2.05) is 5.38 Å². The number of nitrogens with zero attached hydrogens (tertiary/aromatic N) is 1. The molecule has 1 heterocycles. The number of benzene rings is 1. The van der Waals surface area contributed by atoms with Crippen LogP contribution in [0.15, 0.2) is 29.6 Å². The second kappa shape index (κ2) is 8.25. The Morgan fingerprint density at radius 1 is 1.22 bits per heavy atom. The summed E-state index contributed by atoms with van der Waals surface area (Å²) >= 11 is 1.48. The highest BCUT2D eigenvalue weighted by atomic mass is 32.1. The lowest BCUT2D eigenvalue weighted by Crippen LogP contribution is -2.34. The number of ether oxygens (including phenoxy) is 1. The molecule has 7 nitrogen and oxygen atoms in total.